The molecule has 25 heavy (non-hydrogen) atoms. The number of fused-ring (bicyclic) bond motifs is 5. The van der Waals surface area contributed by atoms with Gasteiger partial charge in [0.2, 0.25) is 0 Å². The molecule has 142 valence electrons. The second-order valence-corrected chi connectivity index (χ2v) is 9.90. The molecule has 2 N–H and O–H groups in total. The minimum Gasteiger partial charge on any atom is -0.453 e. The van der Waals surface area contributed by atoms with E-state index < -0.39 is 0 Å². The third kappa shape index (κ3) is 2.62. The Balaban J connectivity index is 1.55. The molecule has 4 rings (SSSR count). The van der Waals surface area contributed by atoms with Gasteiger partial charge in [-0.1, -0.05) is 13.8 Å². The van der Waals surface area contributed by atoms with E-state index in [0.29, 0.717) is 11.3 Å². The van der Waals surface area contributed by atoms with Gasteiger partial charge in [0.05, 0.1) is 13.2 Å². The van der Waals surface area contributed by atoms with Crippen LogP contribution in [-0.2, 0) is 4.74 Å². The molecule has 0 bridgehead atoms. The molecule has 1 amide bonds. The lowest BCUT2D eigenvalue weighted by atomic mass is 9.45. The number of rotatable bonds is 1. The van der Waals surface area contributed by atoms with Crippen LogP contribution in [0, 0.1) is 34.5 Å². The molecule has 8 atom stereocenters. The number of carbonyl (C=O) groups excluding carboxylic acids is 1. The number of ether oxygens (including phenoxy) is 1. The molecule has 4 heteroatoms. The predicted molar refractivity (Wildman–Crippen MR) is 97.1 cm³/mol. The van der Waals surface area contributed by atoms with Crippen molar-refractivity contribution in [2.75, 3.05) is 7.11 Å². The highest BCUT2D eigenvalue weighted by molar-refractivity contribution is 5.67. The topological polar surface area (TPSA) is 58.6 Å². The zero-order valence-electron chi connectivity index (χ0n) is 16.1. The molecular weight excluding hydrogens is 314 g/mol. The van der Waals surface area contributed by atoms with Crippen LogP contribution in [0.4, 0.5) is 4.79 Å². The molecule has 0 unspecified atom stereocenters. The summed E-state index contributed by atoms with van der Waals surface area (Å²) in [4.78, 5) is 11.8. The SMILES string of the molecule is COC(=O)N[C@@H]1CC[C@@H]2[C@H]3CC[C@H]4C[C@@H](O)CC[C@]4(C)[C@@H]3CC[C@]21C. The van der Waals surface area contributed by atoms with E-state index in [-0.39, 0.29) is 23.7 Å². The van der Waals surface area contributed by atoms with Gasteiger partial charge in [-0.3, -0.25) is 0 Å². The lowest BCUT2D eigenvalue weighted by molar-refractivity contribution is -0.123. The van der Waals surface area contributed by atoms with Crippen LogP contribution < -0.4 is 5.32 Å². The summed E-state index contributed by atoms with van der Waals surface area (Å²) in [6.45, 7) is 4.95. The highest BCUT2D eigenvalue weighted by Gasteiger charge is 2.60. The van der Waals surface area contributed by atoms with Crippen molar-refractivity contribution in [2.24, 2.45) is 34.5 Å². The molecule has 0 saturated heterocycles. The van der Waals surface area contributed by atoms with E-state index in [2.05, 4.69) is 19.2 Å². The van der Waals surface area contributed by atoms with E-state index in [1.807, 2.05) is 0 Å². The van der Waals surface area contributed by atoms with Gasteiger partial charge in [-0.25, -0.2) is 4.79 Å². The maximum atomic E-state index is 11.8. The Morgan fingerprint density at radius 2 is 1.72 bits per heavy atom. The van der Waals surface area contributed by atoms with Crippen LogP contribution in [0.5, 0.6) is 0 Å². The van der Waals surface area contributed by atoms with Gasteiger partial charge in [0.1, 0.15) is 0 Å². The fourth-order valence-corrected chi connectivity index (χ4v) is 7.67. The number of nitrogens with one attached hydrogen (secondary N) is 1. The van der Waals surface area contributed by atoms with Crippen molar-refractivity contribution < 1.29 is 14.6 Å². The second kappa shape index (κ2) is 6.14. The molecule has 4 fully saturated rings. The van der Waals surface area contributed by atoms with E-state index in [9.17, 15) is 9.90 Å². The quantitative estimate of drug-likeness (QED) is 0.749. The lowest BCUT2D eigenvalue weighted by Crippen LogP contribution is -2.56. The first-order valence-electron chi connectivity index (χ1n) is 10.4. The van der Waals surface area contributed by atoms with Crippen molar-refractivity contribution in [3.8, 4) is 0 Å². The van der Waals surface area contributed by atoms with Gasteiger partial charge in [-0.2, -0.15) is 0 Å². The monoisotopic (exact) mass is 349 g/mol. The summed E-state index contributed by atoms with van der Waals surface area (Å²) < 4.78 is 4.87. The van der Waals surface area contributed by atoms with Crippen molar-refractivity contribution in [2.45, 2.75) is 83.8 Å². The van der Waals surface area contributed by atoms with E-state index in [4.69, 9.17) is 4.74 Å². The van der Waals surface area contributed by atoms with Gasteiger partial charge in [0.25, 0.3) is 0 Å². The largest absolute Gasteiger partial charge is 0.453 e. The normalized spacial score (nSPS) is 51.8. The van der Waals surface area contributed by atoms with Gasteiger partial charge >= 0.3 is 6.09 Å². The molecule has 0 heterocycles. The summed E-state index contributed by atoms with van der Waals surface area (Å²) in [5, 5.41) is 13.3. The summed E-state index contributed by atoms with van der Waals surface area (Å²) in [6.07, 6.45) is 10.3. The Labute approximate surface area is 152 Å². The van der Waals surface area contributed by atoms with Gasteiger partial charge in [-0.05, 0) is 92.3 Å². The first-order chi connectivity index (χ1) is 11.9. The number of alkyl carbamates (subject to hydrolysis) is 1. The third-order valence-corrected chi connectivity index (χ3v) is 9.12. The number of aliphatic hydroxyl groups excluding tert-OH is 1. The summed E-state index contributed by atoms with van der Waals surface area (Å²) in [5.41, 5.74) is 0.657. The summed E-state index contributed by atoms with van der Waals surface area (Å²) in [7, 11) is 1.46. The molecule has 0 radical (unpaired) electrons. The van der Waals surface area contributed by atoms with Crippen LogP contribution in [-0.4, -0.2) is 30.5 Å². The Bertz CT molecular complexity index is 537. The predicted octanol–water partition coefficient (Wildman–Crippen LogP) is 4.11. The fraction of sp³-hybridized carbons (Fsp3) is 0.952. The number of hydrogen-bond donors (Lipinski definition) is 2. The van der Waals surface area contributed by atoms with Crippen LogP contribution in [0.25, 0.3) is 0 Å². The van der Waals surface area contributed by atoms with Crippen LogP contribution in [0.1, 0.15) is 71.6 Å². The standard InChI is InChI=1S/C21H35NO3/c1-20-10-8-14(23)12-13(20)4-5-15-16-6-7-18(22-19(24)25-3)21(16,2)11-9-17(15)20/h13-18,23H,4-12H2,1-3H3,(H,22,24)/t13-,14-,15+,16+,17+,18+,20-,21+/m0/s1. The first kappa shape index (κ1) is 17.6. The van der Waals surface area contributed by atoms with Crippen LogP contribution in [0.15, 0.2) is 0 Å². The number of methoxy groups -OCH3 is 1. The van der Waals surface area contributed by atoms with Gasteiger partial charge in [0.15, 0.2) is 0 Å². The fourth-order valence-electron chi connectivity index (χ4n) is 7.67. The van der Waals surface area contributed by atoms with E-state index in [1.54, 1.807) is 0 Å². The van der Waals surface area contributed by atoms with Crippen LogP contribution in [0.2, 0.25) is 0 Å². The number of amides is 1. The minimum absolute atomic E-state index is 0.0661. The second-order valence-electron chi connectivity index (χ2n) is 9.90. The Morgan fingerprint density at radius 1 is 1.00 bits per heavy atom. The molecular formula is C21H35NO3. The van der Waals surface area contributed by atoms with E-state index in [1.165, 1.54) is 45.6 Å². The Kier molecular flexibility index (Phi) is 4.33. The van der Waals surface area contributed by atoms with Crippen molar-refractivity contribution >= 4 is 6.09 Å². The smallest absolute Gasteiger partial charge is 0.407 e. The summed E-state index contributed by atoms with van der Waals surface area (Å²) in [6, 6.07) is 0.268. The summed E-state index contributed by atoms with van der Waals surface area (Å²) >= 11 is 0. The lowest BCUT2D eigenvalue weighted by Gasteiger charge is -2.60. The number of carbonyl (C=O) groups is 1. The number of hydrogen-bond acceptors (Lipinski definition) is 3. The summed E-state index contributed by atoms with van der Waals surface area (Å²) in [5.74, 6) is 3.07. The molecule has 4 aliphatic carbocycles. The molecule has 4 aliphatic rings. The molecule has 4 saturated carbocycles. The van der Waals surface area contributed by atoms with E-state index >= 15 is 0 Å². The maximum absolute atomic E-state index is 11.8. The maximum Gasteiger partial charge on any atom is 0.407 e. The molecule has 0 aromatic rings. The van der Waals surface area contributed by atoms with Crippen LogP contribution >= 0.6 is 0 Å². The Morgan fingerprint density at radius 3 is 2.48 bits per heavy atom. The molecule has 0 aromatic heterocycles. The third-order valence-electron chi connectivity index (χ3n) is 9.12. The van der Waals surface area contributed by atoms with Crippen molar-refractivity contribution in [1.29, 1.82) is 0 Å². The van der Waals surface area contributed by atoms with Crippen molar-refractivity contribution in [3.05, 3.63) is 0 Å². The molecule has 0 spiro atoms. The molecule has 0 aromatic carbocycles. The highest BCUT2D eigenvalue weighted by Crippen LogP contribution is 2.66. The number of aliphatic hydroxyl groups is 1. The van der Waals surface area contributed by atoms with Gasteiger partial charge in [-0.15, -0.1) is 0 Å². The van der Waals surface area contributed by atoms with Crippen molar-refractivity contribution in [3.63, 3.8) is 0 Å². The van der Waals surface area contributed by atoms with Gasteiger partial charge in [0, 0.05) is 6.04 Å². The van der Waals surface area contributed by atoms with Crippen molar-refractivity contribution in [1.82, 2.24) is 5.32 Å². The van der Waals surface area contributed by atoms with E-state index in [0.717, 1.165) is 37.0 Å². The zero-order valence-corrected chi connectivity index (χ0v) is 16.1. The molecule has 0 aliphatic heterocycles. The molecule has 4 nitrogen and oxygen atoms in total. The minimum atomic E-state index is -0.272. The highest BCUT2D eigenvalue weighted by atomic mass is 16.5. The average molecular weight is 350 g/mol. The zero-order chi connectivity index (χ0) is 17.8. The van der Waals surface area contributed by atoms with Gasteiger partial charge < -0.3 is 15.2 Å². The first-order valence-corrected chi connectivity index (χ1v) is 10.4. The average Bonchev–Trinajstić information content (AvgIpc) is 2.92. The Hall–Kier alpha value is -0.770. The van der Waals surface area contributed by atoms with Crippen LogP contribution in [0.3, 0.4) is 0 Å².